The van der Waals surface area contributed by atoms with Crippen molar-refractivity contribution < 1.29 is 14.3 Å². The monoisotopic (exact) mass is 449 g/mol. The van der Waals surface area contributed by atoms with E-state index < -0.39 is 0 Å². The lowest BCUT2D eigenvalue weighted by Gasteiger charge is -2.45. The summed E-state index contributed by atoms with van der Waals surface area (Å²) >= 11 is 0. The van der Waals surface area contributed by atoms with Gasteiger partial charge in [-0.15, -0.1) is 0 Å². The minimum absolute atomic E-state index is 0.0432. The number of hydrogen-bond donors (Lipinski definition) is 0. The van der Waals surface area contributed by atoms with Crippen LogP contribution in [0, 0.1) is 5.92 Å². The molecule has 0 radical (unpaired) electrons. The summed E-state index contributed by atoms with van der Waals surface area (Å²) in [6.45, 7) is 7.76. The molecule has 0 N–H and O–H groups in total. The van der Waals surface area contributed by atoms with Crippen molar-refractivity contribution in [2.75, 3.05) is 45.9 Å². The maximum absolute atomic E-state index is 13.5. The summed E-state index contributed by atoms with van der Waals surface area (Å²) in [4.78, 5) is 33.5. The number of rotatable bonds is 3. The molecule has 3 fully saturated rings. The fourth-order valence-corrected chi connectivity index (χ4v) is 5.88. The smallest absolute Gasteiger partial charge is 0.254 e. The molecular formula is C27H35N3O3. The van der Waals surface area contributed by atoms with E-state index in [1.54, 1.807) is 0 Å². The molecule has 3 heterocycles. The molecule has 33 heavy (non-hydrogen) atoms. The normalized spacial score (nSPS) is 25.4. The molecule has 0 bridgehead atoms. The van der Waals surface area contributed by atoms with Crippen molar-refractivity contribution >= 4 is 22.6 Å². The van der Waals surface area contributed by atoms with Crippen LogP contribution in [0.5, 0.6) is 0 Å². The average Bonchev–Trinajstić information content (AvgIpc) is 2.88. The van der Waals surface area contributed by atoms with E-state index in [1.165, 1.54) is 0 Å². The molecule has 0 aliphatic carbocycles. The molecule has 6 nitrogen and oxygen atoms in total. The molecule has 5 rings (SSSR count). The number of nitrogens with zero attached hydrogens (tertiary/aromatic N) is 3. The molecule has 1 unspecified atom stereocenters. The molecule has 176 valence electrons. The molecule has 3 aliphatic rings. The molecule has 2 aromatic carbocycles. The van der Waals surface area contributed by atoms with Crippen LogP contribution >= 0.6 is 0 Å². The Labute approximate surface area is 196 Å². The Morgan fingerprint density at radius 1 is 0.909 bits per heavy atom. The van der Waals surface area contributed by atoms with E-state index in [4.69, 9.17) is 4.74 Å². The first kappa shape index (κ1) is 22.4. The van der Waals surface area contributed by atoms with E-state index in [0.29, 0.717) is 12.6 Å². The lowest BCUT2D eigenvalue weighted by Crippen LogP contribution is -2.59. The van der Waals surface area contributed by atoms with Gasteiger partial charge < -0.3 is 14.5 Å². The van der Waals surface area contributed by atoms with Crippen LogP contribution in [0.4, 0.5) is 0 Å². The Hall–Kier alpha value is -2.44. The Kier molecular flexibility index (Phi) is 6.65. The summed E-state index contributed by atoms with van der Waals surface area (Å²) in [6.07, 6.45) is 3.93. The number of fused-ring (bicyclic) bond motifs is 1. The molecule has 6 heteroatoms. The van der Waals surface area contributed by atoms with Crippen molar-refractivity contribution in [1.82, 2.24) is 14.7 Å². The fraction of sp³-hybridized carbons (Fsp3) is 0.556. The van der Waals surface area contributed by atoms with Gasteiger partial charge in [-0.3, -0.25) is 14.5 Å². The van der Waals surface area contributed by atoms with Crippen molar-refractivity contribution in [3.8, 4) is 0 Å². The van der Waals surface area contributed by atoms with Gasteiger partial charge in [-0.2, -0.15) is 0 Å². The summed E-state index contributed by atoms with van der Waals surface area (Å²) in [5, 5.41) is 2.06. The van der Waals surface area contributed by atoms with Crippen LogP contribution < -0.4 is 0 Å². The predicted molar refractivity (Wildman–Crippen MR) is 129 cm³/mol. The van der Waals surface area contributed by atoms with Crippen molar-refractivity contribution in [2.45, 2.75) is 44.7 Å². The fourth-order valence-electron chi connectivity index (χ4n) is 5.88. The third-order valence-electron chi connectivity index (χ3n) is 7.73. The summed E-state index contributed by atoms with van der Waals surface area (Å²) in [5.41, 5.74) is 0.736. The van der Waals surface area contributed by atoms with Crippen LogP contribution in [-0.4, -0.2) is 84.5 Å². The molecule has 0 saturated carbocycles. The van der Waals surface area contributed by atoms with E-state index in [2.05, 4.69) is 16.7 Å². The van der Waals surface area contributed by atoms with Gasteiger partial charge in [-0.05, 0) is 49.4 Å². The lowest BCUT2D eigenvalue weighted by atomic mass is 9.94. The zero-order valence-electron chi connectivity index (χ0n) is 19.6. The molecular weight excluding hydrogens is 414 g/mol. The Morgan fingerprint density at radius 3 is 2.52 bits per heavy atom. The first-order chi connectivity index (χ1) is 16.1. The maximum atomic E-state index is 13.5. The van der Waals surface area contributed by atoms with Crippen molar-refractivity contribution in [3.63, 3.8) is 0 Å². The minimum atomic E-state index is -0.102. The molecule has 2 aromatic rings. The van der Waals surface area contributed by atoms with Gasteiger partial charge in [0.2, 0.25) is 5.91 Å². The second-order valence-electron chi connectivity index (χ2n) is 9.84. The largest absolute Gasteiger partial charge is 0.381 e. The van der Waals surface area contributed by atoms with E-state index in [0.717, 1.165) is 81.4 Å². The van der Waals surface area contributed by atoms with Gasteiger partial charge in [0.1, 0.15) is 0 Å². The first-order valence-electron chi connectivity index (χ1n) is 12.5. The van der Waals surface area contributed by atoms with Gasteiger partial charge in [-0.25, -0.2) is 0 Å². The number of piperazine rings is 1. The number of amides is 2. The minimum Gasteiger partial charge on any atom is -0.381 e. The van der Waals surface area contributed by atoms with Gasteiger partial charge in [0.05, 0.1) is 5.92 Å². The highest BCUT2D eigenvalue weighted by Crippen LogP contribution is 2.26. The molecule has 3 aliphatic heterocycles. The van der Waals surface area contributed by atoms with Crippen molar-refractivity contribution in [1.29, 1.82) is 0 Å². The number of hydrogen-bond acceptors (Lipinski definition) is 4. The standard InChI is InChI=1S/C27H35N3O3/c1-20-18-28(23-11-16-33-17-12-23)14-15-30(20)26(31)22-8-5-13-29(19-22)27(32)25-10-4-7-21-6-2-3-9-24(21)25/h2-4,6-7,9-10,20,22-23H,5,8,11-19H2,1H3/t20-,22?/m1/s1. The van der Waals surface area contributed by atoms with E-state index in [1.807, 2.05) is 47.4 Å². The Balaban J connectivity index is 1.24. The van der Waals surface area contributed by atoms with Crippen LogP contribution in [0.15, 0.2) is 42.5 Å². The van der Waals surface area contributed by atoms with Gasteiger partial charge >= 0.3 is 0 Å². The number of carbonyl (C=O) groups is 2. The summed E-state index contributed by atoms with van der Waals surface area (Å²) < 4.78 is 5.52. The number of carbonyl (C=O) groups excluding carboxylic acids is 2. The zero-order chi connectivity index (χ0) is 22.8. The van der Waals surface area contributed by atoms with Gasteiger partial charge in [-0.1, -0.05) is 36.4 Å². The highest BCUT2D eigenvalue weighted by Gasteiger charge is 2.37. The Bertz CT molecular complexity index is 998. The molecule has 0 spiro atoms. The summed E-state index contributed by atoms with van der Waals surface area (Å²) in [7, 11) is 0. The molecule has 2 amide bonds. The van der Waals surface area contributed by atoms with E-state index in [9.17, 15) is 9.59 Å². The van der Waals surface area contributed by atoms with Gasteiger partial charge in [0.15, 0.2) is 0 Å². The lowest BCUT2D eigenvalue weighted by molar-refractivity contribution is -0.142. The molecule has 0 aromatic heterocycles. The number of likely N-dealkylation sites (tertiary alicyclic amines) is 1. The van der Waals surface area contributed by atoms with Crippen molar-refractivity contribution in [2.24, 2.45) is 5.92 Å². The zero-order valence-corrected chi connectivity index (χ0v) is 19.6. The number of benzene rings is 2. The highest BCUT2D eigenvalue weighted by atomic mass is 16.5. The van der Waals surface area contributed by atoms with Crippen molar-refractivity contribution in [3.05, 3.63) is 48.0 Å². The van der Waals surface area contributed by atoms with Gasteiger partial charge in [0.25, 0.3) is 5.91 Å². The second kappa shape index (κ2) is 9.82. The third-order valence-corrected chi connectivity index (χ3v) is 7.73. The predicted octanol–water partition coefficient (Wildman–Crippen LogP) is 3.40. The second-order valence-corrected chi connectivity index (χ2v) is 9.84. The van der Waals surface area contributed by atoms with Crippen LogP contribution in [-0.2, 0) is 9.53 Å². The summed E-state index contributed by atoms with van der Waals surface area (Å²) in [6, 6.07) is 14.7. The average molecular weight is 450 g/mol. The maximum Gasteiger partial charge on any atom is 0.254 e. The van der Waals surface area contributed by atoms with Gasteiger partial charge in [0, 0.05) is 63.6 Å². The SMILES string of the molecule is C[C@@H]1CN(C2CCOCC2)CCN1C(=O)C1CCCN(C(=O)c2cccc3ccccc23)C1. The third kappa shape index (κ3) is 4.64. The highest BCUT2D eigenvalue weighted by molar-refractivity contribution is 6.07. The molecule has 2 atom stereocenters. The molecule has 3 saturated heterocycles. The quantitative estimate of drug-likeness (QED) is 0.721. The van der Waals surface area contributed by atoms with Crippen LogP contribution in [0.25, 0.3) is 10.8 Å². The first-order valence-corrected chi connectivity index (χ1v) is 12.5. The van der Waals surface area contributed by atoms with E-state index in [-0.39, 0.29) is 23.8 Å². The topological polar surface area (TPSA) is 53.1 Å². The van der Waals surface area contributed by atoms with Crippen LogP contribution in [0.1, 0.15) is 43.0 Å². The van der Waals surface area contributed by atoms with Crippen LogP contribution in [0.3, 0.4) is 0 Å². The van der Waals surface area contributed by atoms with E-state index >= 15 is 0 Å². The number of ether oxygens (including phenoxy) is 1. The number of piperidine rings is 1. The summed E-state index contributed by atoms with van der Waals surface area (Å²) in [5.74, 6) is 0.168. The van der Waals surface area contributed by atoms with Crippen LogP contribution in [0.2, 0.25) is 0 Å². The Morgan fingerprint density at radius 2 is 1.70 bits per heavy atom.